The topological polar surface area (TPSA) is 0 Å². The molecule has 0 radical (unpaired) electrons. The van der Waals surface area contributed by atoms with Crippen LogP contribution in [-0.2, 0) is 0 Å². The summed E-state index contributed by atoms with van der Waals surface area (Å²) in [5, 5.41) is 0. The largest absolute Gasteiger partial charge is 0.115 e. The number of hydrogen-bond acceptors (Lipinski definition) is 0. The Bertz CT molecular complexity index is 592. The summed E-state index contributed by atoms with van der Waals surface area (Å²) in [7, 11) is 0. The van der Waals surface area contributed by atoms with E-state index in [1.165, 1.54) is 0 Å². The molecule has 0 bridgehead atoms. The maximum Gasteiger partial charge on any atom is 0.0321 e. The van der Waals surface area contributed by atoms with E-state index in [2.05, 4.69) is 11.8 Å². The van der Waals surface area contributed by atoms with Crippen molar-refractivity contribution >= 4 is 0 Å². The zero-order chi connectivity index (χ0) is 11.4. The summed E-state index contributed by atoms with van der Waals surface area (Å²) in [4.78, 5) is 0. The second-order valence-corrected chi connectivity index (χ2v) is 3.42. The van der Waals surface area contributed by atoms with Crippen molar-refractivity contribution < 1.29 is 0 Å². The molecule has 0 amide bonds. The molecule has 74 valence electrons. The van der Waals surface area contributed by atoms with Crippen LogP contribution in [-0.4, -0.2) is 0 Å². The van der Waals surface area contributed by atoms with Crippen LogP contribution in [0.1, 0.15) is 11.1 Å². The van der Waals surface area contributed by atoms with Crippen LogP contribution < -0.4 is 0 Å². The fourth-order valence-electron chi connectivity index (χ4n) is 1.64. The van der Waals surface area contributed by atoms with Crippen molar-refractivity contribution in [1.29, 1.82) is 0 Å². The van der Waals surface area contributed by atoms with E-state index in [1.54, 1.807) is 0 Å². The summed E-state index contributed by atoms with van der Waals surface area (Å²) in [6, 6.07) is 15.7. The lowest BCUT2D eigenvalue weighted by molar-refractivity contribution is 1.57. The predicted octanol–water partition coefficient (Wildman–Crippen LogP) is 3.32. The van der Waals surface area contributed by atoms with E-state index in [-0.39, 0.29) is 0 Å². The van der Waals surface area contributed by atoms with Gasteiger partial charge in [0.15, 0.2) is 0 Å². The molecule has 0 saturated heterocycles. The molecule has 2 rings (SSSR count). The lowest BCUT2D eigenvalue weighted by Crippen LogP contribution is -1.84. The van der Waals surface area contributed by atoms with Crippen molar-refractivity contribution in [3.63, 3.8) is 0 Å². The molecule has 2 aromatic rings. The molecule has 0 aromatic heterocycles. The summed E-state index contributed by atoms with van der Waals surface area (Å²) < 4.78 is 0. The van der Waals surface area contributed by atoms with Crippen LogP contribution in [0.4, 0.5) is 0 Å². The van der Waals surface area contributed by atoms with Crippen LogP contribution in [0.3, 0.4) is 0 Å². The summed E-state index contributed by atoms with van der Waals surface area (Å²) in [6.07, 6.45) is 10.8. The van der Waals surface area contributed by atoms with Crippen molar-refractivity contribution in [2.75, 3.05) is 0 Å². The fraction of sp³-hybridized carbons (Fsp3) is 0. The van der Waals surface area contributed by atoms with Gasteiger partial charge in [-0.1, -0.05) is 42.2 Å². The molecule has 0 unspecified atom stereocenters. The summed E-state index contributed by atoms with van der Waals surface area (Å²) in [5.74, 6) is 5.30. The SMILES string of the molecule is C#Cc1cccc(-c2ccccc2C#C)c1. The predicted molar refractivity (Wildman–Crippen MR) is 67.7 cm³/mol. The van der Waals surface area contributed by atoms with E-state index in [4.69, 9.17) is 12.8 Å². The van der Waals surface area contributed by atoms with Gasteiger partial charge in [0.05, 0.1) is 0 Å². The molecule has 0 fully saturated rings. The molecule has 0 saturated carbocycles. The Hall–Kier alpha value is -2.44. The third kappa shape index (κ3) is 1.83. The standard InChI is InChI=1S/C16H10/c1-3-13-8-7-10-15(12-13)16-11-6-5-9-14(16)4-2/h1-2,5-12H. The quantitative estimate of drug-likeness (QED) is 0.622. The van der Waals surface area contributed by atoms with Gasteiger partial charge >= 0.3 is 0 Å². The molecule has 16 heavy (non-hydrogen) atoms. The normalized spacial score (nSPS) is 9.12. The third-order valence-corrected chi connectivity index (χ3v) is 2.42. The van der Waals surface area contributed by atoms with Gasteiger partial charge in [0.25, 0.3) is 0 Å². The van der Waals surface area contributed by atoms with Gasteiger partial charge in [0.1, 0.15) is 0 Å². The maximum absolute atomic E-state index is 5.47. The maximum atomic E-state index is 5.47. The number of benzene rings is 2. The minimum atomic E-state index is 0.865. The van der Waals surface area contributed by atoms with Crippen LogP contribution in [0, 0.1) is 24.7 Å². The van der Waals surface area contributed by atoms with E-state index in [9.17, 15) is 0 Å². The first-order chi connectivity index (χ1) is 7.85. The van der Waals surface area contributed by atoms with Crippen molar-refractivity contribution in [2.24, 2.45) is 0 Å². The van der Waals surface area contributed by atoms with Crippen LogP contribution in [0.15, 0.2) is 48.5 Å². The highest BCUT2D eigenvalue weighted by Crippen LogP contribution is 2.23. The highest BCUT2D eigenvalue weighted by Gasteiger charge is 2.02. The Kier molecular flexibility index (Phi) is 2.77. The Balaban J connectivity index is 2.60. The Morgan fingerprint density at radius 1 is 0.812 bits per heavy atom. The second-order valence-electron chi connectivity index (χ2n) is 3.42. The molecule has 0 heterocycles. The van der Waals surface area contributed by atoms with Gasteiger partial charge in [-0.25, -0.2) is 0 Å². The van der Waals surface area contributed by atoms with Crippen LogP contribution in [0.2, 0.25) is 0 Å². The molecular weight excluding hydrogens is 192 g/mol. The van der Waals surface area contributed by atoms with E-state index < -0.39 is 0 Å². The minimum absolute atomic E-state index is 0.865. The van der Waals surface area contributed by atoms with Gasteiger partial charge in [0, 0.05) is 11.1 Å². The molecule has 0 aliphatic rings. The number of terminal acetylenes is 2. The van der Waals surface area contributed by atoms with Crippen LogP contribution in [0.5, 0.6) is 0 Å². The van der Waals surface area contributed by atoms with Gasteiger partial charge in [0.2, 0.25) is 0 Å². The van der Waals surface area contributed by atoms with Gasteiger partial charge in [-0.2, -0.15) is 0 Å². The van der Waals surface area contributed by atoms with Gasteiger partial charge < -0.3 is 0 Å². The number of hydrogen-bond donors (Lipinski definition) is 0. The van der Waals surface area contributed by atoms with E-state index in [0.29, 0.717) is 0 Å². The summed E-state index contributed by atoms with van der Waals surface area (Å²) in [5.41, 5.74) is 3.85. The molecular formula is C16H10. The molecule has 0 atom stereocenters. The lowest BCUT2D eigenvalue weighted by atomic mass is 9.99. The molecule has 0 aliphatic heterocycles. The van der Waals surface area contributed by atoms with Gasteiger partial charge in [-0.15, -0.1) is 12.8 Å². The zero-order valence-corrected chi connectivity index (χ0v) is 8.77. The highest BCUT2D eigenvalue weighted by molar-refractivity contribution is 5.72. The minimum Gasteiger partial charge on any atom is -0.115 e. The fourth-order valence-corrected chi connectivity index (χ4v) is 1.64. The molecule has 2 aromatic carbocycles. The Labute approximate surface area is 95.9 Å². The van der Waals surface area contributed by atoms with Gasteiger partial charge in [-0.3, -0.25) is 0 Å². The summed E-state index contributed by atoms with van der Waals surface area (Å²) in [6.45, 7) is 0. The average Bonchev–Trinajstić information content (AvgIpc) is 2.38. The first kappa shape index (κ1) is 10.1. The molecule has 0 heteroatoms. The zero-order valence-electron chi connectivity index (χ0n) is 8.77. The monoisotopic (exact) mass is 202 g/mol. The van der Waals surface area contributed by atoms with Crippen LogP contribution >= 0.6 is 0 Å². The van der Waals surface area contributed by atoms with E-state index >= 15 is 0 Å². The summed E-state index contributed by atoms with van der Waals surface area (Å²) >= 11 is 0. The Morgan fingerprint density at radius 3 is 2.38 bits per heavy atom. The average molecular weight is 202 g/mol. The van der Waals surface area contributed by atoms with Crippen molar-refractivity contribution in [1.82, 2.24) is 0 Å². The van der Waals surface area contributed by atoms with Crippen molar-refractivity contribution in [3.05, 3.63) is 59.7 Å². The lowest BCUT2D eigenvalue weighted by Gasteiger charge is -2.05. The smallest absolute Gasteiger partial charge is 0.0321 e. The Morgan fingerprint density at radius 2 is 1.62 bits per heavy atom. The second kappa shape index (κ2) is 4.39. The van der Waals surface area contributed by atoms with E-state index in [1.807, 2.05) is 48.5 Å². The first-order valence-electron chi connectivity index (χ1n) is 4.98. The first-order valence-corrected chi connectivity index (χ1v) is 4.98. The van der Waals surface area contributed by atoms with Crippen molar-refractivity contribution in [3.8, 4) is 35.8 Å². The molecule has 0 aliphatic carbocycles. The third-order valence-electron chi connectivity index (χ3n) is 2.42. The molecule has 0 nitrogen and oxygen atoms in total. The van der Waals surface area contributed by atoms with Crippen molar-refractivity contribution in [2.45, 2.75) is 0 Å². The molecule has 0 N–H and O–H groups in total. The van der Waals surface area contributed by atoms with E-state index in [0.717, 1.165) is 22.3 Å². The number of rotatable bonds is 1. The van der Waals surface area contributed by atoms with Gasteiger partial charge in [-0.05, 0) is 29.3 Å². The highest BCUT2D eigenvalue weighted by atomic mass is 14.0. The molecule has 0 spiro atoms. The van der Waals surface area contributed by atoms with Crippen LogP contribution in [0.25, 0.3) is 11.1 Å².